The zero-order valence-corrected chi connectivity index (χ0v) is 14.4. The Morgan fingerprint density at radius 1 is 1.41 bits per heavy atom. The van der Waals surface area contributed by atoms with Gasteiger partial charge in [0.1, 0.15) is 11.3 Å². The lowest BCUT2D eigenvalue weighted by Gasteiger charge is -2.16. The quantitative estimate of drug-likeness (QED) is 0.761. The summed E-state index contributed by atoms with van der Waals surface area (Å²) in [5, 5.41) is 0. The molecule has 2 rings (SSSR count). The lowest BCUT2D eigenvalue weighted by molar-refractivity contribution is -0.143. The van der Waals surface area contributed by atoms with Crippen molar-refractivity contribution in [2.24, 2.45) is 0 Å². The first-order valence-corrected chi connectivity index (χ1v) is 7.78. The van der Waals surface area contributed by atoms with Crippen LogP contribution in [0.3, 0.4) is 0 Å². The monoisotopic (exact) mass is 367 g/mol. The van der Waals surface area contributed by atoms with Gasteiger partial charge < -0.3 is 9.64 Å². The van der Waals surface area contributed by atoms with E-state index in [0.29, 0.717) is 30.2 Å². The molecule has 0 radical (unpaired) electrons. The molecule has 0 aliphatic rings. The van der Waals surface area contributed by atoms with Crippen molar-refractivity contribution >= 4 is 33.5 Å². The van der Waals surface area contributed by atoms with Crippen LogP contribution in [0.4, 0.5) is 0 Å². The van der Waals surface area contributed by atoms with Gasteiger partial charge in [0.2, 0.25) is 0 Å². The highest BCUT2D eigenvalue weighted by Gasteiger charge is 2.20. The number of nitrogens with zero attached hydrogens (tertiary/aromatic N) is 3. The average Bonchev–Trinajstić information content (AvgIpc) is 2.79. The maximum absolute atomic E-state index is 12.6. The van der Waals surface area contributed by atoms with Gasteiger partial charge in [-0.3, -0.25) is 14.0 Å². The number of hydrogen-bond acceptors (Lipinski definition) is 4. The largest absolute Gasteiger partial charge is 0.466 e. The Balaban J connectivity index is 2.20. The van der Waals surface area contributed by atoms with Crippen LogP contribution in [0.15, 0.2) is 22.8 Å². The van der Waals surface area contributed by atoms with Gasteiger partial charge in [-0.2, -0.15) is 0 Å². The van der Waals surface area contributed by atoms with Crippen LogP contribution in [-0.2, 0) is 9.53 Å². The molecule has 2 aromatic heterocycles. The third-order valence-electron chi connectivity index (χ3n) is 3.26. The van der Waals surface area contributed by atoms with Gasteiger partial charge in [0.15, 0.2) is 0 Å². The SMILES string of the molecule is CCOC(=O)CCN(C)C(=O)c1c(C)nc2ccc(Br)cn12. The van der Waals surface area contributed by atoms with Gasteiger partial charge in [0.25, 0.3) is 5.91 Å². The van der Waals surface area contributed by atoms with E-state index in [4.69, 9.17) is 4.74 Å². The molecule has 22 heavy (non-hydrogen) atoms. The highest BCUT2D eigenvalue weighted by Crippen LogP contribution is 2.18. The summed E-state index contributed by atoms with van der Waals surface area (Å²) in [7, 11) is 1.67. The summed E-state index contributed by atoms with van der Waals surface area (Å²) in [6.45, 7) is 4.20. The fourth-order valence-electron chi connectivity index (χ4n) is 2.17. The zero-order chi connectivity index (χ0) is 16.3. The molecule has 0 aliphatic heterocycles. The summed E-state index contributed by atoms with van der Waals surface area (Å²) < 4.78 is 7.49. The van der Waals surface area contributed by atoms with Gasteiger partial charge in [0.05, 0.1) is 18.7 Å². The molecule has 0 fully saturated rings. The number of carbonyl (C=O) groups excluding carboxylic acids is 2. The van der Waals surface area contributed by atoms with Crippen molar-refractivity contribution in [2.75, 3.05) is 20.2 Å². The van der Waals surface area contributed by atoms with E-state index >= 15 is 0 Å². The number of rotatable bonds is 5. The van der Waals surface area contributed by atoms with Crippen molar-refractivity contribution in [2.45, 2.75) is 20.3 Å². The number of amides is 1. The van der Waals surface area contributed by atoms with Crippen molar-refractivity contribution in [3.05, 3.63) is 34.2 Å². The molecule has 6 nitrogen and oxygen atoms in total. The minimum Gasteiger partial charge on any atom is -0.466 e. The Labute approximate surface area is 137 Å². The first-order chi connectivity index (χ1) is 10.4. The third kappa shape index (κ3) is 3.47. The molecule has 0 aliphatic carbocycles. The number of halogens is 1. The Kier molecular flexibility index (Phi) is 5.18. The smallest absolute Gasteiger partial charge is 0.307 e. The molecule has 0 saturated heterocycles. The molecule has 0 atom stereocenters. The number of aryl methyl sites for hydroxylation is 1. The van der Waals surface area contributed by atoms with E-state index in [1.165, 1.54) is 4.90 Å². The fourth-order valence-corrected chi connectivity index (χ4v) is 2.51. The van der Waals surface area contributed by atoms with E-state index in [-0.39, 0.29) is 18.3 Å². The van der Waals surface area contributed by atoms with Crippen LogP contribution in [0.1, 0.15) is 29.5 Å². The normalized spacial score (nSPS) is 10.7. The molecule has 0 spiro atoms. The van der Waals surface area contributed by atoms with Gasteiger partial charge in [-0.15, -0.1) is 0 Å². The molecule has 2 heterocycles. The molecular formula is C15H18BrN3O3. The Morgan fingerprint density at radius 3 is 2.82 bits per heavy atom. The predicted molar refractivity (Wildman–Crippen MR) is 85.8 cm³/mol. The van der Waals surface area contributed by atoms with Crippen molar-refractivity contribution in [3.8, 4) is 0 Å². The van der Waals surface area contributed by atoms with Gasteiger partial charge in [0, 0.05) is 24.3 Å². The van der Waals surface area contributed by atoms with Crippen LogP contribution in [0.5, 0.6) is 0 Å². The van der Waals surface area contributed by atoms with Crippen molar-refractivity contribution < 1.29 is 14.3 Å². The third-order valence-corrected chi connectivity index (χ3v) is 3.73. The highest BCUT2D eigenvalue weighted by molar-refractivity contribution is 9.10. The fraction of sp³-hybridized carbons (Fsp3) is 0.400. The van der Waals surface area contributed by atoms with Crippen LogP contribution >= 0.6 is 15.9 Å². The first kappa shape index (κ1) is 16.5. The number of esters is 1. The summed E-state index contributed by atoms with van der Waals surface area (Å²) in [4.78, 5) is 29.9. The highest BCUT2D eigenvalue weighted by atomic mass is 79.9. The molecular weight excluding hydrogens is 350 g/mol. The van der Waals surface area contributed by atoms with Gasteiger partial charge in [-0.25, -0.2) is 4.98 Å². The topological polar surface area (TPSA) is 63.9 Å². The van der Waals surface area contributed by atoms with E-state index in [9.17, 15) is 9.59 Å². The second-order valence-electron chi connectivity index (χ2n) is 4.90. The van der Waals surface area contributed by atoms with Crippen LogP contribution in [-0.4, -0.2) is 46.4 Å². The molecule has 0 saturated carbocycles. The predicted octanol–water partition coefficient (Wildman–Crippen LogP) is 2.43. The molecule has 0 bridgehead atoms. The van der Waals surface area contributed by atoms with E-state index in [2.05, 4.69) is 20.9 Å². The molecule has 7 heteroatoms. The lowest BCUT2D eigenvalue weighted by Crippen LogP contribution is -2.30. The summed E-state index contributed by atoms with van der Waals surface area (Å²) in [6, 6.07) is 3.72. The summed E-state index contributed by atoms with van der Waals surface area (Å²) in [6.07, 6.45) is 1.98. The Bertz CT molecular complexity index is 711. The number of carbonyl (C=O) groups is 2. The molecule has 2 aromatic rings. The Hall–Kier alpha value is -1.89. The second kappa shape index (κ2) is 6.91. The standard InChI is InChI=1S/C15H18BrN3O3/c1-4-22-13(20)7-8-18(3)15(21)14-10(2)17-12-6-5-11(16)9-19(12)14/h5-6,9H,4,7-8H2,1-3H3. The van der Waals surface area contributed by atoms with Crippen molar-refractivity contribution in [1.82, 2.24) is 14.3 Å². The molecule has 118 valence electrons. The van der Waals surface area contributed by atoms with Crippen molar-refractivity contribution in [1.29, 1.82) is 0 Å². The number of aromatic nitrogens is 2. The van der Waals surface area contributed by atoms with Crippen molar-refractivity contribution in [3.63, 3.8) is 0 Å². The number of pyridine rings is 1. The molecule has 1 amide bonds. The summed E-state index contributed by atoms with van der Waals surface area (Å²) >= 11 is 3.39. The number of imidazole rings is 1. The van der Waals surface area contributed by atoms with Gasteiger partial charge in [-0.05, 0) is 41.9 Å². The number of ether oxygens (including phenoxy) is 1. The summed E-state index contributed by atoms with van der Waals surface area (Å²) in [5.41, 5.74) is 1.87. The maximum atomic E-state index is 12.6. The van der Waals surface area contributed by atoms with E-state index in [0.717, 1.165) is 4.47 Å². The van der Waals surface area contributed by atoms with Gasteiger partial charge >= 0.3 is 5.97 Å². The minimum absolute atomic E-state index is 0.174. The lowest BCUT2D eigenvalue weighted by atomic mass is 10.3. The van der Waals surface area contributed by atoms with Crippen LogP contribution in [0.2, 0.25) is 0 Å². The van der Waals surface area contributed by atoms with Crippen LogP contribution in [0, 0.1) is 6.92 Å². The van der Waals surface area contributed by atoms with E-state index < -0.39 is 0 Å². The second-order valence-corrected chi connectivity index (χ2v) is 5.82. The molecule has 0 N–H and O–H groups in total. The minimum atomic E-state index is -0.306. The summed E-state index contributed by atoms with van der Waals surface area (Å²) in [5.74, 6) is -0.479. The van der Waals surface area contributed by atoms with E-state index in [1.807, 2.05) is 18.3 Å². The first-order valence-electron chi connectivity index (χ1n) is 6.99. The number of hydrogen-bond donors (Lipinski definition) is 0. The van der Waals surface area contributed by atoms with E-state index in [1.54, 1.807) is 25.3 Å². The molecule has 0 unspecified atom stereocenters. The number of fused-ring (bicyclic) bond motifs is 1. The van der Waals surface area contributed by atoms with Gasteiger partial charge in [-0.1, -0.05) is 0 Å². The van der Waals surface area contributed by atoms with Crippen LogP contribution in [0.25, 0.3) is 5.65 Å². The Morgan fingerprint density at radius 2 is 2.14 bits per heavy atom. The average molecular weight is 368 g/mol. The maximum Gasteiger partial charge on any atom is 0.307 e. The zero-order valence-electron chi connectivity index (χ0n) is 12.8. The van der Waals surface area contributed by atoms with Crippen LogP contribution < -0.4 is 0 Å². The molecule has 0 aromatic carbocycles.